The molecule has 2 aromatic heterocycles. The minimum atomic E-state index is -0.212. The molecule has 1 aromatic carbocycles. The van der Waals surface area contributed by atoms with Crippen molar-refractivity contribution in [3.05, 3.63) is 62.3 Å². The van der Waals surface area contributed by atoms with Gasteiger partial charge in [0.2, 0.25) is 5.91 Å². The van der Waals surface area contributed by atoms with Gasteiger partial charge in [-0.3, -0.25) is 14.7 Å². The summed E-state index contributed by atoms with van der Waals surface area (Å²) in [6.45, 7) is 5.54. The van der Waals surface area contributed by atoms with Crippen LogP contribution in [-0.4, -0.2) is 25.5 Å². The largest absolute Gasteiger partial charge is 0.349 e. The lowest BCUT2D eigenvalue weighted by Gasteiger charge is -2.17. The van der Waals surface area contributed by atoms with Gasteiger partial charge >= 0.3 is 0 Å². The molecule has 3 rings (SSSR count). The minimum absolute atomic E-state index is 0.0900. The van der Waals surface area contributed by atoms with Crippen molar-refractivity contribution in [3.8, 4) is 0 Å². The number of aromatic nitrogens is 4. The van der Waals surface area contributed by atoms with Crippen molar-refractivity contribution in [2.45, 2.75) is 46.1 Å². The van der Waals surface area contributed by atoms with E-state index < -0.39 is 0 Å². The minimum Gasteiger partial charge on any atom is -0.349 e. The standard InChI is InChI=1S/C19H22ClN5O2/c1-4-16(13-5-7-14(20)8-6-13)23-17(26)10-9-15-11(2)21-19-22-12(3)24-25(19)18(15)27/h5-8,16H,4,9-10H2,1-3H3,(H,23,26)(H,21,22,24)/t16-/m0/s1. The summed E-state index contributed by atoms with van der Waals surface area (Å²) in [7, 11) is 0. The molecule has 27 heavy (non-hydrogen) atoms. The topological polar surface area (TPSA) is 92.2 Å². The molecule has 1 amide bonds. The second kappa shape index (κ2) is 7.92. The van der Waals surface area contributed by atoms with Crippen molar-refractivity contribution in [3.63, 3.8) is 0 Å². The SMILES string of the molecule is CC[C@H](NC(=O)CCc1c(C)nc2nc(C)[nH]n2c1=O)c1ccc(Cl)cc1. The Morgan fingerprint density at radius 3 is 2.63 bits per heavy atom. The fraction of sp³-hybridized carbons (Fsp3) is 0.368. The number of aromatic amines is 1. The summed E-state index contributed by atoms with van der Waals surface area (Å²) in [5.74, 6) is 0.848. The van der Waals surface area contributed by atoms with E-state index >= 15 is 0 Å². The molecule has 0 saturated carbocycles. The summed E-state index contributed by atoms with van der Waals surface area (Å²) in [6.07, 6.45) is 1.29. The van der Waals surface area contributed by atoms with Crippen molar-refractivity contribution in [1.82, 2.24) is 24.9 Å². The number of hydrogen-bond acceptors (Lipinski definition) is 4. The first-order chi connectivity index (χ1) is 12.9. The van der Waals surface area contributed by atoms with Crippen LogP contribution in [0.1, 0.15) is 48.5 Å². The van der Waals surface area contributed by atoms with Gasteiger partial charge in [-0.15, -0.1) is 0 Å². The van der Waals surface area contributed by atoms with Crippen LogP contribution in [0.25, 0.3) is 5.78 Å². The molecule has 142 valence electrons. The summed E-state index contributed by atoms with van der Waals surface area (Å²) >= 11 is 5.92. The van der Waals surface area contributed by atoms with Crippen molar-refractivity contribution >= 4 is 23.3 Å². The van der Waals surface area contributed by atoms with Gasteiger partial charge in [0, 0.05) is 17.0 Å². The molecule has 0 unspecified atom stereocenters. The van der Waals surface area contributed by atoms with Gasteiger partial charge in [0.15, 0.2) is 0 Å². The number of carbonyl (C=O) groups excluding carboxylic acids is 1. The van der Waals surface area contributed by atoms with Crippen molar-refractivity contribution < 1.29 is 4.79 Å². The number of rotatable bonds is 6. The fourth-order valence-corrected chi connectivity index (χ4v) is 3.20. The van der Waals surface area contributed by atoms with Gasteiger partial charge in [-0.25, -0.2) is 4.98 Å². The Kier molecular flexibility index (Phi) is 5.60. The highest BCUT2D eigenvalue weighted by Crippen LogP contribution is 2.19. The molecule has 0 aliphatic heterocycles. The third-order valence-corrected chi connectivity index (χ3v) is 4.78. The number of nitrogens with one attached hydrogen (secondary N) is 2. The summed E-state index contributed by atoms with van der Waals surface area (Å²) in [4.78, 5) is 33.6. The highest BCUT2D eigenvalue weighted by molar-refractivity contribution is 6.30. The summed E-state index contributed by atoms with van der Waals surface area (Å²) in [5.41, 5.74) is 1.91. The maximum absolute atomic E-state index is 12.6. The molecule has 0 aliphatic rings. The van der Waals surface area contributed by atoms with Gasteiger partial charge in [0.1, 0.15) is 5.82 Å². The first kappa shape index (κ1) is 19.1. The van der Waals surface area contributed by atoms with Crippen LogP contribution in [0.4, 0.5) is 0 Å². The molecule has 1 atom stereocenters. The van der Waals surface area contributed by atoms with Crippen LogP contribution < -0.4 is 10.9 Å². The number of aryl methyl sites for hydroxylation is 2. The Labute approximate surface area is 161 Å². The zero-order chi connectivity index (χ0) is 19.6. The third kappa shape index (κ3) is 4.19. The number of benzene rings is 1. The third-order valence-electron chi connectivity index (χ3n) is 4.52. The van der Waals surface area contributed by atoms with Crippen molar-refractivity contribution in [2.75, 3.05) is 0 Å². The van der Waals surface area contributed by atoms with E-state index in [-0.39, 0.29) is 23.9 Å². The number of amides is 1. The van der Waals surface area contributed by atoms with E-state index in [1.807, 2.05) is 31.2 Å². The summed E-state index contributed by atoms with van der Waals surface area (Å²) < 4.78 is 1.32. The summed E-state index contributed by atoms with van der Waals surface area (Å²) in [6, 6.07) is 7.34. The van der Waals surface area contributed by atoms with E-state index in [4.69, 9.17) is 11.6 Å². The Hall–Kier alpha value is -2.67. The molecule has 0 fully saturated rings. The average Bonchev–Trinajstić information content (AvgIpc) is 3.00. The number of hydrogen-bond donors (Lipinski definition) is 2. The normalized spacial score (nSPS) is 12.3. The van der Waals surface area contributed by atoms with E-state index in [9.17, 15) is 9.59 Å². The van der Waals surface area contributed by atoms with Crippen molar-refractivity contribution in [2.24, 2.45) is 0 Å². The Bertz CT molecular complexity index is 1020. The lowest BCUT2D eigenvalue weighted by Crippen LogP contribution is -2.29. The van der Waals surface area contributed by atoms with Crippen LogP contribution in [0, 0.1) is 13.8 Å². The van der Waals surface area contributed by atoms with E-state index in [0.29, 0.717) is 34.3 Å². The molecule has 7 nitrogen and oxygen atoms in total. The van der Waals surface area contributed by atoms with Gasteiger partial charge in [-0.05, 0) is 44.4 Å². The van der Waals surface area contributed by atoms with E-state index in [2.05, 4.69) is 20.4 Å². The number of fused-ring (bicyclic) bond motifs is 1. The van der Waals surface area contributed by atoms with Crippen molar-refractivity contribution in [1.29, 1.82) is 0 Å². The zero-order valence-electron chi connectivity index (χ0n) is 15.5. The van der Waals surface area contributed by atoms with E-state index in [0.717, 1.165) is 12.0 Å². The van der Waals surface area contributed by atoms with Crippen LogP contribution in [0.2, 0.25) is 5.02 Å². The number of carbonyl (C=O) groups is 1. The molecular weight excluding hydrogens is 366 g/mol. The Morgan fingerprint density at radius 1 is 1.26 bits per heavy atom. The number of nitrogens with zero attached hydrogens (tertiary/aromatic N) is 3. The van der Waals surface area contributed by atoms with E-state index in [1.165, 1.54) is 4.52 Å². The van der Waals surface area contributed by atoms with Crippen LogP contribution in [-0.2, 0) is 11.2 Å². The molecule has 3 aromatic rings. The highest BCUT2D eigenvalue weighted by Gasteiger charge is 2.16. The predicted molar refractivity (Wildman–Crippen MR) is 104 cm³/mol. The smallest absolute Gasteiger partial charge is 0.277 e. The molecule has 0 bridgehead atoms. The van der Waals surface area contributed by atoms with Gasteiger partial charge in [-0.1, -0.05) is 30.7 Å². The molecule has 0 aliphatic carbocycles. The predicted octanol–water partition coefficient (Wildman–Crippen LogP) is 2.89. The van der Waals surface area contributed by atoms with E-state index in [1.54, 1.807) is 13.8 Å². The number of H-pyrrole nitrogens is 1. The maximum Gasteiger partial charge on any atom is 0.277 e. The lowest BCUT2D eigenvalue weighted by atomic mass is 10.0. The first-order valence-electron chi connectivity index (χ1n) is 8.88. The van der Waals surface area contributed by atoms with Gasteiger partial charge in [0.05, 0.1) is 11.7 Å². The zero-order valence-corrected chi connectivity index (χ0v) is 16.3. The maximum atomic E-state index is 12.6. The average molecular weight is 388 g/mol. The van der Waals surface area contributed by atoms with Gasteiger partial charge in [-0.2, -0.15) is 9.50 Å². The highest BCUT2D eigenvalue weighted by atomic mass is 35.5. The molecule has 2 heterocycles. The van der Waals surface area contributed by atoms with Gasteiger partial charge in [0.25, 0.3) is 11.3 Å². The summed E-state index contributed by atoms with van der Waals surface area (Å²) in [5, 5.41) is 6.55. The van der Waals surface area contributed by atoms with Crippen LogP contribution in [0.5, 0.6) is 0 Å². The molecule has 2 N–H and O–H groups in total. The Morgan fingerprint density at radius 2 is 1.96 bits per heavy atom. The van der Waals surface area contributed by atoms with Crippen LogP contribution in [0.3, 0.4) is 0 Å². The quantitative estimate of drug-likeness (QED) is 0.680. The fourth-order valence-electron chi connectivity index (χ4n) is 3.07. The lowest BCUT2D eigenvalue weighted by molar-refractivity contribution is -0.121. The van der Waals surface area contributed by atoms with Gasteiger partial charge < -0.3 is 5.32 Å². The number of halogens is 1. The molecule has 0 spiro atoms. The van der Waals surface area contributed by atoms with Crippen LogP contribution in [0.15, 0.2) is 29.1 Å². The second-order valence-electron chi connectivity index (χ2n) is 6.51. The molecule has 0 saturated heterocycles. The van der Waals surface area contributed by atoms with Crippen LogP contribution >= 0.6 is 11.6 Å². The Balaban J connectivity index is 1.71. The molecule has 0 radical (unpaired) electrons. The second-order valence-corrected chi connectivity index (χ2v) is 6.94. The monoisotopic (exact) mass is 387 g/mol. The molecular formula is C19H22ClN5O2. The molecule has 8 heteroatoms. The first-order valence-corrected chi connectivity index (χ1v) is 9.26.